The van der Waals surface area contributed by atoms with E-state index in [2.05, 4.69) is 4.98 Å². The monoisotopic (exact) mass is 376 g/mol. The Morgan fingerprint density at radius 1 is 1.33 bits per heavy atom. The van der Waals surface area contributed by atoms with Crippen molar-refractivity contribution >= 4 is 46.7 Å². The predicted molar refractivity (Wildman–Crippen MR) is 95.8 cm³/mol. The molecule has 3 heterocycles. The lowest BCUT2D eigenvalue weighted by Crippen LogP contribution is -2.53. The van der Waals surface area contributed by atoms with Crippen LogP contribution < -0.4 is 0 Å². The standard InChI is InChI=1S/C16H12N2O3S3/c19-12-6-13-18(12)14(15(20)21)11(8-22-13)24-16-17-10(7-23-16)9-4-2-1-3-5-9/h1-5,7,13H,6,8H2,(H,20,21). The fourth-order valence-corrected chi connectivity index (χ4v) is 6.00. The third-order valence-corrected chi connectivity index (χ3v) is 7.21. The van der Waals surface area contributed by atoms with E-state index in [0.717, 1.165) is 15.6 Å². The summed E-state index contributed by atoms with van der Waals surface area (Å²) < 4.78 is 0.787. The van der Waals surface area contributed by atoms with E-state index >= 15 is 0 Å². The number of carbonyl (C=O) groups is 2. The molecule has 1 atom stereocenters. The molecule has 24 heavy (non-hydrogen) atoms. The van der Waals surface area contributed by atoms with Crippen molar-refractivity contribution in [3.05, 3.63) is 46.3 Å². The maximum Gasteiger partial charge on any atom is 0.353 e. The van der Waals surface area contributed by atoms with Crippen molar-refractivity contribution in [1.29, 1.82) is 0 Å². The molecule has 4 rings (SSSR count). The van der Waals surface area contributed by atoms with Crippen LogP contribution in [0.3, 0.4) is 0 Å². The van der Waals surface area contributed by atoms with Gasteiger partial charge in [-0.15, -0.1) is 23.1 Å². The summed E-state index contributed by atoms with van der Waals surface area (Å²) in [6.07, 6.45) is 0.425. The Morgan fingerprint density at radius 3 is 2.83 bits per heavy atom. The third-order valence-electron chi connectivity index (χ3n) is 3.78. The molecule has 0 spiro atoms. The highest BCUT2D eigenvalue weighted by atomic mass is 32.2. The molecule has 0 radical (unpaired) electrons. The quantitative estimate of drug-likeness (QED) is 0.824. The molecule has 0 bridgehead atoms. The van der Waals surface area contributed by atoms with Crippen LogP contribution in [0.2, 0.25) is 0 Å². The summed E-state index contributed by atoms with van der Waals surface area (Å²) in [6, 6.07) is 9.85. The first-order valence-corrected chi connectivity index (χ1v) is 9.97. The third kappa shape index (κ3) is 2.74. The summed E-state index contributed by atoms with van der Waals surface area (Å²) in [5, 5.41) is 11.5. The van der Waals surface area contributed by atoms with Crippen molar-refractivity contribution in [3.8, 4) is 11.3 Å². The summed E-state index contributed by atoms with van der Waals surface area (Å²) in [4.78, 5) is 30.1. The van der Waals surface area contributed by atoms with Gasteiger partial charge in [-0.3, -0.25) is 9.69 Å². The van der Waals surface area contributed by atoms with E-state index in [4.69, 9.17) is 0 Å². The second-order valence-corrected chi connectivity index (χ2v) is 8.64. The van der Waals surface area contributed by atoms with Gasteiger partial charge in [0.25, 0.3) is 0 Å². The van der Waals surface area contributed by atoms with Gasteiger partial charge in [-0.1, -0.05) is 42.1 Å². The molecule has 0 saturated carbocycles. The summed E-state index contributed by atoms with van der Waals surface area (Å²) in [5.74, 6) is -0.566. The van der Waals surface area contributed by atoms with E-state index in [9.17, 15) is 14.7 Å². The largest absolute Gasteiger partial charge is 0.477 e. The topological polar surface area (TPSA) is 70.5 Å². The molecule has 1 saturated heterocycles. The van der Waals surface area contributed by atoms with E-state index in [0.29, 0.717) is 17.1 Å². The van der Waals surface area contributed by atoms with Crippen molar-refractivity contribution in [2.75, 3.05) is 5.75 Å². The van der Waals surface area contributed by atoms with Crippen LogP contribution in [-0.2, 0) is 9.59 Å². The van der Waals surface area contributed by atoms with Crippen molar-refractivity contribution in [2.45, 2.75) is 16.1 Å². The van der Waals surface area contributed by atoms with Gasteiger partial charge in [0.15, 0.2) is 4.34 Å². The Morgan fingerprint density at radius 2 is 2.12 bits per heavy atom. The van der Waals surface area contributed by atoms with Crippen LogP contribution in [0.5, 0.6) is 0 Å². The molecule has 8 heteroatoms. The zero-order chi connectivity index (χ0) is 16.7. The van der Waals surface area contributed by atoms with Crippen LogP contribution in [0.1, 0.15) is 6.42 Å². The summed E-state index contributed by atoms with van der Waals surface area (Å²) >= 11 is 4.44. The van der Waals surface area contributed by atoms with Gasteiger partial charge >= 0.3 is 5.97 Å². The number of rotatable bonds is 4. The van der Waals surface area contributed by atoms with Gasteiger partial charge in [0.05, 0.1) is 17.5 Å². The molecule has 2 aliphatic heterocycles. The van der Waals surface area contributed by atoms with E-state index < -0.39 is 5.97 Å². The molecule has 1 aromatic heterocycles. The van der Waals surface area contributed by atoms with Crippen LogP contribution in [-0.4, -0.2) is 38.0 Å². The molecule has 1 unspecified atom stereocenters. The SMILES string of the molecule is O=C(O)C1=C(Sc2nc(-c3ccccc3)cs2)CSC2CC(=O)N12. The maximum absolute atomic E-state index is 11.8. The summed E-state index contributed by atoms with van der Waals surface area (Å²) in [7, 11) is 0. The number of carboxylic acids is 1. The molecule has 2 aliphatic rings. The zero-order valence-electron chi connectivity index (χ0n) is 12.3. The predicted octanol–water partition coefficient (Wildman–Crippen LogP) is 3.50. The Balaban J connectivity index is 1.62. The van der Waals surface area contributed by atoms with Gasteiger partial charge in [-0.2, -0.15) is 0 Å². The van der Waals surface area contributed by atoms with Crippen LogP contribution in [0, 0.1) is 0 Å². The van der Waals surface area contributed by atoms with Gasteiger partial charge in [-0.05, 0) is 0 Å². The number of nitrogens with zero attached hydrogens (tertiary/aromatic N) is 2. The first kappa shape index (κ1) is 15.7. The van der Waals surface area contributed by atoms with Gasteiger partial charge in [-0.25, -0.2) is 9.78 Å². The highest BCUT2D eigenvalue weighted by molar-refractivity contribution is 8.07. The molecule has 1 aromatic carbocycles. The molecule has 1 amide bonds. The van der Waals surface area contributed by atoms with Crippen molar-refractivity contribution in [3.63, 3.8) is 0 Å². The number of thiazole rings is 1. The number of amides is 1. The van der Waals surface area contributed by atoms with E-state index in [1.165, 1.54) is 28.0 Å². The average molecular weight is 376 g/mol. The van der Waals surface area contributed by atoms with Gasteiger partial charge < -0.3 is 5.11 Å². The van der Waals surface area contributed by atoms with Crippen molar-refractivity contribution < 1.29 is 14.7 Å². The normalized spacial score (nSPS) is 19.9. The number of aromatic nitrogens is 1. The average Bonchev–Trinajstić information content (AvgIpc) is 3.04. The summed E-state index contributed by atoms with van der Waals surface area (Å²) in [5.41, 5.74) is 2.03. The minimum Gasteiger partial charge on any atom is -0.477 e. The Kier molecular flexibility index (Phi) is 4.11. The molecular formula is C16H12N2O3S3. The second-order valence-electron chi connectivity index (χ2n) is 5.28. The number of carboxylic acid groups (broad SMARTS) is 1. The molecule has 2 aromatic rings. The highest BCUT2D eigenvalue weighted by Crippen LogP contribution is 2.45. The Hall–Kier alpha value is -1.77. The van der Waals surface area contributed by atoms with Crippen molar-refractivity contribution in [2.24, 2.45) is 0 Å². The van der Waals surface area contributed by atoms with E-state index in [1.54, 1.807) is 11.8 Å². The maximum atomic E-state index is 11.8. The first-order valence-electron chi connectivity index (χ1n) is 7.22. The zero-order valence-corrected chi connectivity index (χ0v) is 14.8. The number of β-lactam (4-membered cyclic amide) rings is 1. The highest BCUT2D eigenvalue weighted by Gasteiger charge is 2.45. The van der Waals surface area contributed by atoms with Gasteiger partial charge in [0.1, 0.15) is 5.70 Å². The molecule has 122 valence electrons. The van der Waals surface area contributed by atoms with E-state index in [1.807, 2.05) is 35.7 Å². The number of aliphatic carboxylic acids is 1. The minimum atomic E-state index is -1.05. The number of benzene rings is 1. The first-order chi connectivity index (χ1) is 11.6. The summed E-state index contributed by atoms with van der Waals surface area (Å²) in [6.45, 7) is 0. The smallest absolute Gasteiger partial charge is 0.353 e. The number of hydrogen-bond acceptors (Lipinski definition) is 6. The van der Waals surface area contributed by atoms with Crippen LogP contribution >= 0.6 is 34.9 Å². The van der Waals surface area contributed by atoms with Gasteiger partial charge in [0, 0.05) is 21.6 Å². The molecule has 1 fully saturated rings. The van der Waals surface area contributed by atoms with E-state index in [-0.39, 0.29) is 17.0 Å². The molecule has 5 nitrogen and oxygen atoms in total. The fraction of sp³-hybridized carbons (Fsp3) is 0.188. The number of hydrogen-bond donors (Lipinski definition) is 1. The molecular weight excluding hydrogens is 364 g/mol. The van der Waals surface area contributed by atoms with Crippen molar-refractivity contribution in [1.82, 2.24) is 9.88 Å². The number of fused-ring (bicyclic) bond motifs is 1. The fourth-order valence-electron chi connectivity index (χ4n) is 2.62. The minimum absolute atomic E-state index is 0.0240. The van der Waals surface area contributed by atoms with Gasteiger partial charge in [0.2, 0.25) is 5.91 Å². The number of carbonyl (C=O) groups excluding carboxylic acids is 1. The van der Waals surface area contributed by atoms with Crippen LogP contribution in [0.15, 0.2) is 50.7 Å². The Labute approximate surface area is 150 Å². The lowest BCUT2D eigenvalue weighted by Gasteiger charge is -2.43. The molecule has 1 N–H and O–H groups in total. The lowest BCUT2D eigenvalue weighted by molar-refractivity contribution is -0.146. The number of thioether (sulfide) groups is 2. The van der Waals surface area contributed by atoms with Crippen LogP contribution in [0.4, 0.5) is 0 Å². The Bertz CT molecular complexity index is 847. The second kappa shape index (κ2) is 6.27. The van der Waals surface area contributed by atoms with Crippen LogP contribution in [0.25, 0.3) is 11.3 Å². The molecule has 0 aliphatic carbocycles. The lowest BCUT2D eigenvalue weighted by atomic mass is 10.1.